The first-order valence-electron chi connectivity index (χ1n) is 8.06. The van der Waals surface area contributed by atoms with Crippen molar-refractivity contribution in [1.82, 2.24) is 10.3 Å². The fourth-order valence-electron chi connectivity index (χ4n) is 2.19. The van der Waals surface area contributed by atoms with Gasteiger partial charge in [-0.2, -0.15) is 11.8 Å². The number of urea groups is 1. The Hall–Kier alpha value is -2.19. The first kappa shape index (κ1) is 20.1. The number of nitrogens with zero attached hydrogens (tertiary/aromatic N) is 1. The molecule has 0 aliphatic carbocycles. The summed E-state index contributed by atoms with van der Waals surface area (Å²) in [6, 6.07) is 10.2. The van der Waals surface area contributed by atoms with Crippen molar-refractivity contribution in [3.05, 3.63) is 54.4 Å². The summed E-state index contributed by atoms with van der Waals surface area (Å²) in [5.74, 6) is 1.31. The van der Waals surface area contributed by atoms with E-state index in [0.29, 0.717) is 12.1 Å². The molecule has 0 fully saturated rings. The molecule has 1 atom stereocenters. The van der Waals surface area contributed by atoms with Gasteiger partial charge in [0.05, 0.1) is 0 Å². The molecular formula is C18H22N4O2S2. The predicted octanol–water partition coefficient (Wildman–Crippen LogP) is 3.10. The van der Waals surface area contributed by atoms with Crippen LogP contribution in [0.4, 0.5) is 10.5 Å². The topological polar surface area (TPSA) is 97.1 Å². The molecule has 0 saturated carbocycles. The Morgan fingerprint density at radius 2 is 2.00 bits per heavy atom. The summed E-state index contributed by atoms with van der Waals surface area (Å²) in [5.41, 5.74) is 6.99. The molecule has 1 aromatic carbocycles. The van der Waals surface area contributed by atoms with Gasteiger partial charge in [0.25, 0.3) is 0 Å². The van der Waals surface area contributed by atoms with E-state index >= 15 is 0 Å². The van der Waals surface area contributed by atoms with Crippen LogP contribution in [-0.4, -0.2) is 35.0 Å². The zero-order chi connectivity index (χ0) is 18.8. The highest BCUT2D eigenvalue weighted by Crippen LogP contribution is 2.24. The van der Waals surface area contributed by atoms with Crippen LogP contribution in [-0.2, 0) is 10.5 Å². The summed E-state index contributed by atoms with van der Waals surface area (Å²) in [5, 5.41) is 5.31. The fraction of sp³-hybridized carbons (Fsp3) is 0.278. The first-order valence-corrected chi connectivity index (χ1v) is 10.4. The largest absolute Gasteiger partial charge is 0.352 e. The number of nitrogens with one attached hydrogen (secondary N) is 2. The second-order valence-corrected chi connectivity index (χ2v) is 7.54. The lowest BCUT2D eigenvalue weighted by molar-refractivity contribution is -0.117. The zero-order valence-electron chi connectivity index (χ0n) is 14.5. The first-order chi connectivity index (χ1) is 12.6. The molecule has 0 aliphatic heterocycles. The van der Waals surface area contributed by atoms with Crippen molar-refractivity contribution >= 4 is 41.1 Å². The van der Waals surface area contributed by atoms with E-state index in [0.717, 1.165) is 22.0 Å². The number of anilines is 1. The molecule has 0 spiro atoms. The maximum absolute atomic E-state index is 12.3. The van der Waals surface area contributed by atoms with Crippen molar-refractivity contribution in [3.63, 3.8) is 0 Å². The predicted molar refractivity (Wildman–Crippen MR) is 108 cm³/mol. The molecule has 0 radical (unpaired) electrons. The molecule has 0 aliphatic rings. The molecule has 2 rings (SSSR count). The zero-order valence-corrected chi connectivity index (χ0v) is 16.1. The molecule has 2 aromatic rings. The van der Waals surface area contributed by atoms with Gasteiger partial charge in [0.15, 0.2) is 0 Å². The van der Waals surface area contributed by atoms with Gasteiger partial charge in [-0.3, -0.25) is 9.78 Å². The van der Waals surface area contributed by atoms with Gasteiger partial charge in [0.1, 0.15) is 6.04 Å². The Balaban J connectivity index is 1.90. The normalized spacial score (nSPS) is 11.6. The molecule has 8 heteroatoms. The van der Waals surface area contributed by atoms with E-state index in [1.54, 1.807) is 29.7 Å². The Labute approximate surface area is 161 Å². The number of rotatable bonds is 9. The third-order valence-electron chi connectivity index (χ3n) is 3.49. The maximum Gasteiger partial charge on any atom is 0.312 e. The minimum atomic E-state index is -0.701. The Bertz CT molecular complexity index is 711. The van der Waals surface area contributed by atoms with Crippen LogP contribution in [0.15, 0.2) is 53.7 Å². The molecule has 4 N–H and O–H groups in total. The lowest BCUT2D eigenvalue weighted by Gasteiger charge is -2.17. The number of carbonyl (C=O) groups is 2. The van der Waals surface area contributed by atoms with Crippen molar-refractivity contribution in [2.45, 2.75) is 23.1 Å². The van der Waals surface area contributed by atoms with Crippen molar-refractivity contribution in [3.8, 4) is 0 Å². The minimum absolute atomic E-state index is 0.270. The number of hydrogen-bond acceptors (Lipinski definition) is 5. The minimum Gasteiger partial charge on any atom is -0.352 e. The van der Waals surface area contributed by atoms with Crippen molar-refractivity contribution < 1.29 is 9.59 Å². The molecule has 1 heterocycles. The molecular weight excluding hydrogens is 368 g/mol. The van der Waals surface area contributed by atoms with Gasteiger partial charge in [-0.15, -0.1) is 11.8 Å². The van der Waals surface area contributed by atoms with Crippen molar-refractivity contribution in [2.75, 3.05) is 17.3 Å². The van der Waals surface area contributed by atoms with E-state index in [9.17, 15) is 9.59 Å². The van der Waals surface area contributed by atoms with Gasteiger partial charge in [0.2, 0.25) is 5.91 Å². The van der Waals surface area contributed by atoms with Gasteiger partial charge < -0.3 is 16.4 Å². The molecule has 6 nitrogen and oxygen atoms in total. The van der Waals surface area contributed by atoms with Crippen LogP contribution in [0.1, 0.15) is 12.0 Å². The standard InChI is InChI=1S/C18H22N4O2S2/c1-25-10-8-16(22-18(19)24)17(23)21-14-4-6-15(7-5-14)26-12-13-3-2-9-20-11-13/h2-7,9,11,16H,8,10,12H2,1H3,(H,21,23)(H3,19,22,24). The number of nitrogens with two attached hydrogens (primary N) is 1. The molecule has 138 valence electrons. The number of thioether (sulfide) groups is 2. The van der Waals surface area contributed by atoms with E-state index < -0.39 is 12.1 Å². The summed E-state index contributed by atoms with van der Waals surface area (Å²) in [6.07, 6.45) is 6.07. The number of aromatic nitrogens is 1. The summed E-state index contributed by atoms with van der Waals surface area (Å²) in [7, 11) is 0. The van der Waals surface area contributed by atoms with Crippen molar-refractivity contribution in [1.29, 1.82) is 0 Å². The Morgan fingerprint density at radius 3 is 2.62 bits per heavy atom. The average molecular weight is 391 g/mol. The van der Waals surface area contributed by atoms with E-state index in [2.05, 4.69) is 15.6 Å². The second-order valence-electron chi connectivity index (χ2n) is 5.51. The van der Waals surface area contributed by atoms with Crippen LogP contribution < -0.4 is 16.4 Å². The Kier molecular flexibility index (Phi) is 8.30. The lowest BCUT2D eigenvalue weighted by atomic mass is 10.2. The van der Waals surface area contributed by atoms with E-state index in [1.807, 2.05) is 48.9 Å². The van der Waals surface area contributed by atoms with Crippen LogP contribution in [0.3, 0.4) is 0 Å². The summed E-state index contributed by atoms with van der Waals surface area (Å²) in [4.78, 5) is 28.6. The molecule has 1 aromatic heterocycles. The van der Waals surface area contributed by atoms with Gasteiger partial charge in [0, 0.05) is 28.7 Å². The highest BCUT2D eigenvalue weighted by atomic mass is 32.2. The van der Waals surface area contributed by atoms with Gasteiger partial charge in [-0.05, 0) is 54.3 Å². The smallest absolute Gasteiger partial charge is 0.312 e. The quantitative estimate of drug-likeness (QED) is 0.572. The Morgan fingerprint density at radius 1 is 1.23 bits per heavy atom. The maximum atomic E-state index is 12.3. The fourth-order valence-corrected chi connectivity index (χ4v) is 3.49. The van der Waals surface area contributed by atoms with Gasteiger partial charge in [-0.1, -0.05) is 6.07 Å². The van der Waals surface area contributed by atoms with Crippen LogP contribution in [0, 0.1) is 0 Å². The summed E-state index contributed by atoms with van der Waals surface area (Å²) < 4.78 is 0. The van der Waals surface area contributed by atoms with Gasteiger partial charge >= 0.3 is 6.03 Å². The number of carbonyl (C=O) groups excluding carboxylic acids is 2. The number of pyridine rings is 1. The highest BCUT2D eigenvalue weighted by molar-refractivity contribution is 7.98. The lowest BCUT2D eigenvalue weighted by Crippen LogP contribution is -2.46. The van der Waals surface area contributed by atoms with E-state index in [1.165, 1.54) is 0 Å². The molecule has 1 unspecified atom stereocenters. The third-order valence-corrected chi connectivity index (χ3v) is 5.22. The number of hydrogen-bond donors (Lipinski definition) is 3. The number of amides is 3. The third kappa shape index (κ3) is 6.97. The monoisotopic (exact) mass is 390 g/mol. The summed E-state index contributed by atoms with van der Waals surface area (Å²) >= 11 is 3.30. The SMILES string of the molecule is CSCCC(NC(N)=O)C(=O)Nc1ccc(SCc2cccnc2)cc1. The van der Waals surface area contributed by atoms with Crippen LogP contribution in [0.25, 0.3) is 0 Å². The summed E-state index contributed by atoms with van der Waals surface area (Å²) in [6.45, 7) is 0. The van der Waals surface area contributed by atoms with Crippen LogP contribution >= 0.6 is 23.5 Å². The van der Waals surface area contributed by atoms with Crippen LogP contribution in [0.5, 0.6) is 0 Å². The number of primary amides is 1. The van der Waals surface area contributed by atoms with E-state index in [-0.39, 0.29) is 5.91 Å². The average Bonchev–Trinajstić information content (AvgIpc) is 2.65. The number of benzene rings is 1. The molecule has 0 saturated heterocycles. The molecule has 0 bridgehead atoms. The second kappa shape index (κ2) is 10.7. The highest BCUT2D eigenvalue weighted by Gasteiger charge is 2.19. The van der Waals surface area contributed by atoms with Crippen molar-refractivity contribution in [2.24, 2.45) is 5.73 Å². The van der Waals surface area contributed by atoms with Gasteiger partial charge in [-0.25, -0.2) is 4.79 Å². The van der Waals surface area contributed by atoms with Crippen LogP contribution in [0.2, 0.25) is 0 Å². The molecule has 26 heavy (non-hydrogen) atoms. The van der Waals surface area contributed by atoms with E-state index in [4.69, 9.17) is 5.73 Å². The molecule has 3 amide bonds.